The van der Waals surface area contributed by atoms with Crippen molar-refractivity contribution in [3.63, 3.8) is 0 Å². The molecule has 0 aromatic rings. The highest BCUT2D eigenvalue weighted by atomic mass is 16.3. The fraction of sp³-hybridized carbons (Fsp3) is 1.00. The molecule has 2 unspecified atom stereocenters. The fourth-order valence-electron chi connectivity index (χ4n) is 1.63. The molecule has 2 atom stereocenters. The second kappa shape index (κ2) is 10.4. The maximum atomic E-state index is 9.59. The van der Waals surface area contributed by atoms with Crippen molar-refractivity contribution in [3.05, 3.63) is 0 Å². The van der Waals surface area contributed by atoms with Crippen molar-refractivity contribution in [1.82, 2.24) is 0 Å². The molecule has 92 valence electrons. The number of aliphatic hydroxyl groups is 3. The summed E-state index contributed by atoms with van der Waals surface area (Å²) >= 11 is 0. The highest BCUT2D eigenvalue weighted by Gasteiger charge is 2.08. The highest BCUT2D eigenvalue weighted by Crippen LogP contribution is 2.11. The SMILES string of the molecule is CCCCCCC(O)CCC(O)CCO. The molecule has 0 heterocycles. The van der Waals surface area contributed by atoms with E-state index < -0.39 is 6.10 Å². The maximum absolute atomic E-state index is 9.59. The van der Waals surface area contributed by atoms with Gasteiger partial charge in [-0.3, -0.25) is 0 Å². The molecule has 0 aromatic carbocycles. The van der Waals surface area contributed by atoms with Gasteiger partial charge in [-0.1, -0.05) is 32.6 Å². The van der Waals surface area contributed by atoms with Crippen LogP contribution in [0.2, 0.25) is 0 Å². The lowest BCUT2D eigenvalue weighted by Crippen LogP contribution is -2.14. The summed E-state index contributed by atoms with van der Waals surface area (Å²) in [7, 11) is 0. The molecule has 0 aromatic heterocycles. The van der Waals surface area contributed by atoms with Gasteiger partial charge >= 0.3 is 0 Å². The second-order valence-corrected chi connectivity index (χ2v) is 4.25. The van der Waals surface area contributed by atoms with Crippen molar-refractivity contribution in [1.29, 1.82) is 0 Å². The summed E-state index contributed by atoms with van der Waals surface area (Å²) in [5, 5.41) is 27.5. The van der Waals surface area contributed by atoms with Gasteiger partial charge in [-0.25, -0.2) is 0 Å². The van der Waals surface area contributed by atoms with Crippen LogP contribution < -0.4 is 0 Å². The Hall–Kier alpha value is -0.120. The van der Waals surface area contributed by atoms with E-state index >= 15 is 0 Å². The molecule has 0 saturated heterocycles. The third-order valence-corrected chi connectivity index (χ3v) is 2.69. The van der Waals surface area contributed by atoms with Crippen molar-refractivity contribution in [2.24, 2.45) is 0 Å². The van der Waals surface area contributed by atoms with E-state index in [1.165, 1.54) is 19.3 Å². The van der Waals surface area contributed by atoms with E-state index in [-0.39, 0.29) is 12.7 Å². The number of rotatable bonds is 10. The Morgan fingerprint density at radius 1 is 0.800 bits per heavy atom. The van der Waals surface area contributed by atoms with Crippen LogP contribution in [0.5, 0.6) is 0 Å². The van der Waals surface area contributed by atoms with E-state index in [2.05, 4.69) is 6.92 Å². The molecule has 0 spiro atoms. The normalized spacial score (nSPS) is 15.2. The van der Waals surface area contributed by atoms with Gasteiger partial charge in [-0.15, -0.1) is 0 Å². The van der Waals surface area contributed by atoms with Crippen LogP contribution in [-0.2, 0) is 0 Å². The molecule has 0 radical (unpaired) electrons. The first-order valence-corrected chi connectivity index (χ1v) is 6.17. The summed E-state index contributed by atoms with van der Waals surface area (Å²) in [6.45, 7) is 2.19. The first kappa shape index (κ1) is 14.9. The van der Waals surface area contributed by atoms with Crippen LogP contribution in [0, 0.1) is 0 Å². The predicted octanol–water partition coefficient (Wildman–Crippen LogP) is 1.84. The Balaban J connectivity index is 3.28. The van der Waals surface area contributed by atoms with Gasteiger partial charge in [0.2, 0.25) is 0 Å². The molecular formula is C12H26O3. The van der Waals surface area contributed by atoms with E-state index in [0.717, 1.165) is 12.8 Å². The average Bonchev–Trinajstić information content (AvgIpc) is 2.22. The minimum Gasteiger partial charge on any atom is -0.396 e. The Kier molecular flexibility index (Phi) is 10.3. The maximum Gasteiger partial charge on any atom is 0.0563 e. The van der Waals surface area contributed by atoms with Crippen LogP contribution in [0.3, 0.4) is 0 Å². The predicted molar refractivity (Wildman–Crippen MR) is 61.7 cm³/mol. The van der Waals surface area contributed by atoms with Crippen LogP contribution >= 0.6 is 0 Å². The van der Waals surface area contributed by atoms with Crippen LogP contribution in [0.1, 0.15) is 58.3 Å². The van der Waals surface area contributed by atoms with Gasteiger partial charge < -0.3 is 15.3 Å². The van der Waals surface area contributed by atoms with Crippen molar-refractivity contribution in [2.75, 3.05) is 6.61 Å². The topological polar surface area (TPSA) is 60.7 Å². The lowest BCUT2D eigenvalue weighted by atomic mass is 10.0. The third-order valence-electron chi connectivity index (χ3n) is 2.69. The van der Waals surface area contributed by atoms with E-state index in [0.29, 0.717) is 19.3 Å². The molecule has 0 aliphatic carbocycles. The monoisotopic (exact) mass is 218 g/mol. The minimum absolute atomic E-state index is 0.0216. The number of hydrogen-bond donors (Lipinski definition) is 3. The summed E-state index contributed by atoms with van der Waals surface area (Å²) in [4.78, 5) is 0. The van der Waals surface area contributed by atoms with E-state index in [1.807, 2.05) is 0 Å². The van der Waals surface area contributed by atoms with Crippen LogP contribution in [-0.4, -0.2) is 34.1 Å². The van der Waals surface area contributed by atoms with E-state index in [9.17, 15) is 10.2 Å². The van der Waals surface area contributed by atoms with Crippen molar-refractivity contribution < 1.29 is 15.3 Å². The van der Waals surface area contributed by atoms with Crippen molar-refractivity contribution in [2.45, 2.75) is 70.5 Å². The molecule has 3 N–H and O–H groups in total. The van der Waals surface area contributed by atoms with Gasteiger partial charge in [0, 0.05) is 6.61 Å². The first-order chi connectivity index (χ1) is 7.20. The lowest BCUT2D eigenvalue weighted by molar-refractivity contribution is 0.0900. The largest absolute Gasteiger partial charge is 0.396 e. The second-order valence-electron chi connectivity index (χ2n) is 4.25. The summed E-state index contributed by atoms with van der Waals surface area (Å²) in [5.41, 5.74) is 0. The molecule has 0 aliphatic rings. The first-order valence-electron chi connectivity index (χ1n) is 6.17. The fourth-order valence-corrected chi connectivity index (χ4v) is 1.63. The van der Waals surface area contributed by atoms with Gasteiger partial charge in [-0.05, 0) is 25.7 Å². The Morgan fingerprint density at radius 3 is 1.93 bits per heavy atom. The van der Waals surface area contributed by atoms with Crippen LogP contribution in [0.15, 0.2) is 0 Å². The summed E-state index contributed by atoms with van der Waals surface area (Å²) in [5.74, 6) is 0. The zero-order valence-corrected chi connectivity index (χ0v) is 9.86. The van der Waals surface area contributed by atoms with Crippen molar-refractivity contribution in [3.8, 4) is 0 Å². The van der Waals surface area contributed by atoms with E-state index in [4.69, 9.17) is 5.11 Å². The summed E-state index contributed by atoms with van der Waals surface area (Å²) < 4.78 is 0. The zero-order chi connectivity index (χ0) is 11.5. The van der Waals surface area contributed by atoms with E-state index in [1.54, 1.807) is 0 Å². The minimum atomic E-state index is -0.458. The van der Waals surface area contributed by atoms with Gasteiger partial charge in [0.25, 0.3) is 0 Å². The van der Waals surface area contributed by atoms with Gasteiger partial charge in [0.15, 0.2) is 0 Å². The number of hydrogen-bond acceptors (Lipinski definition) is 3. The quantitative estimate of drug-likeness (QED) is 0.490. The standard InChI is InChI=1S/C12H26O3/c1-2-3-4-5-6-11(14)7-8-12(15)9-10-13/h11-15H,2-10H2,1H3. The molecule has 3 nitrogen and oxygen atoms in total. The van der Waals surface area contributed by atoms with Gasteiger partial charge in [-0.2, -0.15) is 0 Å². The summed E-state index contributed by atoms with van der Waals surface area (Å²) in [6.07, 6.45) is 6.47. The van der Waals surface area contributed by atoms with Crippen molar-refractivity contribution >= 4 is 0 Å². The Morgan fingerprint density at radius 2 is 1.40 bits per heavy atom. The third kappa shape index (κ3) is 10.2. The lowest BCUT2D eigenvalue weighted by Gasteiger charge is -2.13. The molecule has 0 bridgehead atoms. The molecule has 3 heteroatoms. The molecule has 0 rings (SSSR count). The highest BCUT2D eigenvalue weighted by molar-refractivity contribution is 4.61. The van der Waals surface area contributed by atoms with Crippen LogP contribution in [0.25, 0.3) is 0 Å². The number of aliphatic hydroxyl groups excluding tert-OH is 3. The molecule has 0 amide bonds. The number of unbranched alkanes of at least 4 members (excludes halogenated alkanes) is 3. The molecular weight excluding hydrogens is 192 g/mol. The van der Waals surface area contributed by atoms with Gasteiger partial charge in [0.05, 0.1) is 12.2 Å². The summed E-state index contributed by atoms with van der Waals surface area (Å²) in [6, 6.07) is 0. The van der Waals surface area contributed by atoms with Gasteiger partial charge in [0.1, 0.15) is 0 Å². The van der Waals surface area contributed by atoms with Crippen LogP contribution in [0.4, 0.5) is 0 Å². The Bertz CT molecular complexity index is 128. The zero-order valence-electron chi connectivity index (χ0n) is 9.86. The smallest absolute Gasteiger partial charge is 0.0563 e. The molecule has 15 heavy (non-hydrogen) atoms. The average molecular weight is 218 g/mol. The Labute approximate surface area is 93.1 Å². The molecule has 0 fully saturated rings. The molecule has 0 saturated carbocycles. The molecule has 0 aliphatic heterocycles.